The smallest absolute Gasteiger partial charge is 0.183 e. The highest BCUT2D eigenvalue weighted by Crippen LogP contribution is 2.34. The molecule has 1 fully saturated rings. The van der Waals surface area contributed by atoms with Crippen molar-refractivity contribution >= 4 is 22.6 Å². The molecule has 0 unspecified atom stereocenters. The van der Waals surface area contributed by atoms with E-state index in [2.05, 4.69) is 10.3 Å². The average molecular weight is 307 g/mol. The van der Waals surface area contributed by atoms with Crippen LogP contribution in [0.25, 0.3) is 0 Å². The lowest BCUT2D eigenvalue weighted by molar-refractivity contribution is 0.149. The van der Waals surface area contributed by atoms with Crippen LogP contribution >= 0.6 is 11.8 Å². The van der Waals surface area contributed by atoms with Gasteiger partial charge in [0.05, 0.1) is 6.10 Å². The molecule has 1 saturated carbocycles. The first kappa shape index (κ1) is 15.6. The number of nitrogens with one attached hydrogen (secondary N) is 1. The van der Waals surface area contributed by atoms with Crippen LogP contribution in [0.5, 0.6) is 5.75 Å². The fraction of sp³-hybridized carbons (Fsp3) is 0.467. The Bertz CT molecular complexity index is 550. The number of rotatable bonds is 3. The lowest BCUT2D eigenvalue weighted by Crippen LogP contribution is -2.20. The summed E-state index contributed by atoms with van der Waals surface area (Å²) in [6.45, 7) is 0. The maximum Gasteiger partial charge on any atom is 0.183 e. The van der Waals surface area contributed by atoms with E-state index in [4.69, 9.17) is 10.00 Å². The molecule has 0 atom stereocenters. The largest absolute Gasteiger partial charge is 0.485 e. The minimum Gasteiger partial charge on any atom is -0.485 e. The number of amidine groups is 1. The minimum atomic E-state index is -0.417. The molecule has 6 heteroatoms. The molecule has 1 aromatic carbocycles. The molecule has 1 aromatic rings. The number of hydrogen-bond donors (Lipinski definition) is 1. The number of para-hydroxylation sites is 1. The van der Waals surface area contributed by atoms with E-state index in [1.165, 1.54) is 24.2 Å². The van der Waals surface area contributed by atoms with Crippen molar-refractivity contribution in [2.75, 3.05) is 6.26 Å². The van der Waals surface area contributed by atoms with Crippen LogP contribution in [0.15, 0.2) is 23.2 Å². The number of nitrogens with zero attached hydrogens (tertiary/aromatic N) is 2. The van der Waals surface area contributed by atoms with E-state index < -0.39 is 5.82 Å². The van der Waals surface area contributed by atoms with E-state index in [-0.39, 0.29) is 11.9 Å². The van der Waals surface area contributed by atoms with Gasteiger partial charge in [-0.05, 0) is 44.1 Å². The van der Waals surface area contributed by atoms with Crippen molar-refractivity contribution in [3.05, 3.63) is 24.0 Å². The molecule has 4 nitrogen and oxygen atoms in total. The molecule has 0 aromatic heterocycles. The van der Waals surface area contributed by atoms with Gasteiger partial charge in [0, 0.05) is 0 Å². The van der Waals surface area contributed by atoms with E-state index in [1.54, 1.807) is 18.4 Å². The van der Waals surface area contributed by atoms with Gasteiger partial charge < -0.3 is 4.74 Å². The van der Waals surface area contributed by atoms with Gasteiger partial charge in [0.2, 0.25) is 0 Å². The maximum atomic E-state index is 14.1. The molecule has 0 heterocycles. The van der Waals surface area contributed by atoms with Crippen LogP contribution in [-0.4, -0.2) is 17.5 Å². The summed E-state index contributed by atoms with van der Waals surface area (Å²) in [4.78, 5) is 4.27. The molecule has 0 saturated heterocycles. The Balaban J connectivity index is 2.25. The molecule has 0 aliphatic heterocycles. The minimum absolute atomic E-state index is 0.0475. The van der Waals surface area contributed by atoms with Gasteiger partial charge in [-0.2, -0.15) is 5.26 Å². The molecule has 2 rings (SSSR count). The predicted molar refractivity (Wildman–Crippen MR) is 83.3 cm³/mol. The first-order chi connectivity index (χ1) is 10.2. The quantitative estimate of drug-likeness (QED) is 0.397. The van der Waals surface area contributed by atoms with Crippen LogP contribution in [0.2, 0.25) is 0 Å². The lowest BCUT2D eigenvalue weighted by atomic mass is 9.98. The molecule has 0 amide bonds. The number of benzene rings is 1. The summed E-state index contributed by atoms with van der Waals surface area (Å²) in [5, 5.41) is 11.6. The van der Waals surface area contributed by atoms with E-state index in [0.29, 0.717) is 10.9 Å². The zero-order valence-electron chi connectivity index (χ0n) is 11.9. The number of halogens is 1. The second kappa shape index (κ2) is 7.89. The third kappa shape index (κ3) is 4.36. The molecule has 1 aliphatic rings. The number of ether oxygens (including phenoxy) is 1. The zero-order chi connectivity index (χ0) is 15.1. The fourth-order valence-corrected chi connectivity index (χ4v) is 2.67. The zero-order valence-corrected chi connectivity index (χ0v) is 12.8. The summed E-state index contributed by atoms with van der Waals surface area (Å²) in [6, 6.07) is 4.65. The van der Waals surface area contributed by atoms with Gasteiger partial charge in [0.15, 0.2) is 22.9 Å². The van der Waals surface area contributed by atoms with Crippen LogP contribution in [0, 0.1) is 17.3 Å². The predicted octanol–water partition coefficient (Wildman–Crippen LogP) is 3.96. The van der Waals surface area contributed by atoms with Crippen LogP contribution < -0.4 is 10.1 Å². The molecular weight excluding hydrogens is 289 g/mol. The van der Waals surface area contributed by atoms with Gasteiger partial charge in [0.1, 0.15) is 5.69 Å². The van der Waals surface area contributed by atoms with Crippen molar-refractivity contribution in [1.29, 1.82) is 5.26 Å². The Hall–Kier alpha value is -1.74. The Morgan fingerprint density at radius 3 is 2.86 bits per heavy atom. The first-order valence-electron chi connectivity index (χ1n) is 6.97. The molecule has 0 radical (unpaired) electrons. The van der Waals surface area contributed by atoms with Crippen LogP contribution in [0.4, 0.5) is 10.1 Å². The van der Waals surface area contributed by atoms with Crippen molar-refractivity contribution in [1.82, 2.24) is 5.32 Å². The summed E-state index contributed by atoms with van der Waals surface area (Å²) >= 11 is 1.29. The maximum absolute atomic E-state index is 14.1. The van der Waals surface area contributed by atoms with Crippen molar-refractivity contribution in [3.63, 3.8) is 0 Å². The summed E-state index contributed by atoms with van der Waals surface area (Å²) in [7, 11) is 0. The van der Waals surface area contributed by atoms with Crippen LogP contribution in [0.1, 0.15) is 32.1 Å². The molecular formula is C15H18FN3OS. The Kier molecular flexibility index (Phi) is 5.88. The number of aliphatic imine (C=N–C) groups is 1. The van der Waals surface area contributed by atoms with E-state index in [9.17, 15) is 4.39 Å². The van der Waals surface area contributed by atoms with Gasteiger partial charge >= 0.3 is 0 Å². The molecule has 21 heavy (non-hydrogen) atoms. The van der Waals surface area contributed by atoms with Gasteiger partial charge in [-0.25, -0.2) is 9.38 Å². The number of hydrogen-bond acceptors (Lipinski definition) is 4. The Labute approximate surface area is 128 Å². The average Bonchev–Trinajstić information content (AvgIpc) is 2.51. The van der Waals surface area contributed by atoms with E-state index in [1.807, 2.05) is 6.19 Å². The first-order valence-corrected chi connectivity index (χ1v) is 8.20. The van der Waals surface area contributed by atoms with Crippen molar-refractivity contribution < 1.29 is 9.13 Å². The summed E-state index contributed by atoms with van der Waals surface area (Å²) in [5.74, 6) is -0.241. The van der Waals surface area contributed by atoms with Crippen molar-refractivity contribution in [2.45, 2.75) is 38.2 Å². The monoisotopic (exact) mass is 307 g/mol. The second-order valence-corrected chi connectivity index (χ2v) is 5.62. The Morgan fingerprint density at radius 1 is 1.43 bits per heavy atom. The second-order valence-electron chi connectivity index (χ2n) is 4.82. The van der Waals surface area contributed by atoms with Crippen LogP contribution in [0.3, 0.4) is 0 Å². The summed E-state index contributed by atoms with van der Waals surface area (Å²) < 4.78 is 19.9. The summed E-state index contributed by atoms with van der Waals surface area (Å²) in [6.07, 6.45) is 9.00. The van der Waals surface area contributed by atoms with E-state index >= 15 is 0 Å². The highest BCUT2D eigenvalue weighted by Gasteiger charge is 2.19. The Morgan fingerprint density at radius 2 is 2.19 bits per heavy atom. The van der Waals surface area contributed by atoms with Gasteiger partial charge in [-0.15, -0.1) is 0 Å². The highest BCUT2D eigenvalue weighted by molar-refractivity contribution is 8.13. The molecule has 0 bridgehead atoms. The number of thioether (sulfide) groups is 1. The van der Waals surface area contributed by atoms with Crippen molar-refractivity contribution in [3.8, 4) is 11.9 Å². The standard InChI is InChI=1S/C15H18FN3OS/c1-21-15(18-10-17)19-13-9-5-8-12(16)14(13)20-11-6-3-2-4-7-11/h5,8-9,11H,2-4,6-7H2,1H3,(H,18,19). The molecule has 1 aliphatic carbocycles. The third-order valence-corrected chi connectivity index (χ3v) is 3.94. The van der Waals surface area contributed by atoms with E-state index in [0.717, 1.165) is 25.7 Å². The van der Waals surface area contributed by atoms with Gasteiger partial charge in [-0.3, -0.25) is 5.32 Å². The fourth-order valence-electron chi connectivity index (χ4n) is 2.33. The molecule has 0 spiro atoms. The molecule has 1 N–H and O–H groups in total. The van der Waals surface area contributed by atoms with Crippen molar-refractivity contribution in [2.24, 2.45) is 4.99 Å². The SMILES string of the molecule is CSC(=Nc1cccc(F)c1OC1CCCCC1)NC#N. The lowest BCUT2D eigenvalue weighted by Gasteiger charge is -2.23. The summed E-state index contributed by atoms with van der Waals surface area (Å²) in [5.41, 5.74) is 0.410. The number of nitriles is 1. The normalized spacial score (nSPS) is 16.3. The van der Waals surface area contributed by atoms with Gasteiger partial charge in [0.25, 0.3) is 0 Å². The highest BCUT2D eigenvalue weighted by atomic mass is 32.2. The van der Waals surface area contributed by atoms with Gasteiger partial charge in [-0.1, -0.05) is 24.2 Å². The van der Waals surface area contributed by atoms with Crippen LogP contribution in [-0.2, 0) is 0 Å². The molecule has 112 valence electrons. The topological polar surface area (TPSA) is 57.4 Å². The third-order valence-electron chi connectivity index (χ3n) is 3.36.